The normalized spacial score (nSPS) is 19.9. The molecule has 1 aromatic carbocycles. The van der Waals surface area contributed by atoms with Crippen LogP contribution in [0.15, 0.2) is 54.7 Å². The molecule has 2 aromatic heterocycles. The second-order valence-electron chi connectivity index (χ2n) is 6.86. The van der Waals surface area contributed by atoms with Gasteiger partial charge in [-0.05, 0) is 36.5 Å². The Morgan fingerprint density at radius 3 is 2.70 bits per heavy atom. The first-order chi connectivity index (χ1) is 13.1. The summed E-state index contributed by atoms with van der Waals surface area (Å²) in [6, 6.07) is 14.8. The fraction of sp³-hybridized carbons (Fsp3) is 0.286. The van der Waals surface area contributed by atoms with Crippen molar-refractivity contribution < 1.29 is 14.6 Å². The molecular weight excluding hydrogens is 342 g/mol. The van der Waals surface area contributed by atoms with Crippen molar-refractivity contribution in [3.8, 4) is 5.88 Å². The van der Waals surface area contributed by atoms with Crippen molar-refractivity contribution in [1.82, 2.24) is 15.3 Å². The van der Waals surface area contributed by atoms with Crippen LogP contribution in [0.2, 0.25) is 0 Å². The quantitative estimate of drug-likeness (QED) is 0.728. The minimum atomic E-state index is -0.306. The highest BCUT2D eigenvalue weighted by molar-refractivity contribution is 5.95. The van der Waals surface area contributed by atoms with Crippen LogP contribution in [0, 0.1) is 5.92 Å². The van der Waals surface area contributed by atoms with Gasteiger partial charge in [-0.25, -0.2) is 9.97 Å². The molecule has 1 fully saturated rings. The van der Waals surface area contributed by atoms with Gasteiger partial charge < -0.3 is 15.2 Å². The maximum atomic E-state index is 12.8. The molecule has 4 rings (SSSR count). The molecule has 1 aliphatic rings. The maximum Gasteiger partial charge on any atom is 0.270 e. The number of rotatable bonds is 5. The predicted octanol–water partition coefficient (Wildman–Crippen LogP) is 2.88. The number of amides is 1. The van der Waals surface area contributed by atoms with E-state index >= 15 is 0 Å². The maximum absolute atomic E-state index is 12.8. The molecular formula is C21H21N3O3. The smallest absolute Gasteiger partial charge is 0.270 e. The molecule has 3 aromatic rings. The van der Waals surface area contributed by atoms with Gasteiger partial charge in [0.15, 0.2) is 0 Å². The van der Waals surface area contributed by atoms with E-state index in [0.29, 0.717) is 24.4 Å². The molecule has 1 atom stereocenters. The van der Waals surface area contributed by atoms with E-state index in [1.54, 1.807) is 25.4 Å². The van der Waals surface area contributed by atoms with E-state index in [-0.39, 0.29) is 24.0 Å². The van der Waals surface area contributed by atoms with Gasteiger partial charge in [0.2, 0.25) is 5.88 Å². The highest BCUT2D eigenvalue weighted by atomic mass is 16.5. The molecule has 138 valence electrons. The molecule has 0 radical (unpaired) electrons. The van der Waals surface area contributed by atoms with Crippen molar-refractivity contribution in [3.63, 3.8) is 0 Å². The van der Waals surface area contributed by atoms with Gasteiger partial charge in [0, 0.05) is 17.6 Å². The van der Waals surface area contributed by atoms with Crippen LogP contribution in [0.1, 0.15) is 34.9 Å². The van der Waals surface area contributed by atoms with Crippen LogP contribution < -0.4 is 10.1 Å². The molecule has 2 heterocycles. The predicted molar refractivity (Wildman–Crippen MR) is 101 cm³/mol. The summed E-state index contributed by atoms with van der Waals surface area (Å²) in [5.74, 6) is 0.455. The molecule has 6 heteroatoms. The highest BCUT2D eigenvalue weighted by Gasteiger charge is 2.36. The van der Waals surface area contributed by atoms with Gasteiger partial charge >= 0.3 is 0 Å². The third-order valence-corrected chi connectivity index (χ3v) is 5.07. The lowest BCUT2D eigenvalue weighted by Gasteiger charge is -2.38. The van der Waals surface area contributed by atoms with Crippen LogP contribution in [-0.4, -0.2) is 34.2 Å². The summed E-state index contributed by atoms with van der Waals surface area (Å²) in [5, 5.41) is 13.8. The van der Waals surface area contributed by atoms with Crippen LogP contribution in [0.3, 0.4) is 0 Å². The number of carbonyl (C=O) groups is 1. The summed E-state index contributed by atoms with van der Waals surface area (Å²) in [5.41, 5.74) is 2.05. The van der Waals surface area contributed by atoms with Gasteiger partial charge in [-0.3, -0.25) is 4.79 Å². The number of aliphatic hydroxyl groups excluding tert-OH is 1. The van der Waals surface area contributed by atoms with Crippen LogP contribution in [-0.2, 0) is 0 Å². The van der Waals surface area contributed by atoms with Crippen LogP contribution >= 0.6 is 0 Å². The Morgan fingerprint density at radius 1 is 1.19 bits per heavy atom. The number of ether oxygens (including phenoxy) is 1. The molecule has 2 N–H and O–H groups in total. The van der Waals surface area contributed by atoms with Gasteiger partial charge in [0.1, 0.15) is 5.69 Å². The first kappa shape index (κ1) is 17.4. The summed E-state index contributed by atoms with van der Waals surface area (Å²) in [6.45, 7) is 0. The third-order valence-electron chi connectivity index (χ3n) is 5.07. The van der Waals surface area contributed by atoms with E-state index < -0.39 is 0 Å². The molecule has 0 saturated heterocycles. The monoisotopic (exact) mass is 363 g/mol. The van der Waals surface area contributed by atoms with Crippen LogP contribution in [0.4, 0.5) is 0 Å². The topological polar surface area (TPSA) is 84.3 Å². The molecule has 0 spiro atoms. The van der Waals surface area contributed by atoms with Gasteiger partial charge in [0.05, 0.1) is 24.8 Å². The average Bonchev–Trinajstić information content (AvgIpc) is 2.69. The third kappa shape index (κ3) is 3.61. The van der Waals surface area contributed by atoms with E-state index in [1.165, 1.54) is 0 Å². The number of fused-ring (bicyclic) bond motifs is 1. The van der Waals surface area contributed by atoms with Crippen LogP contribution in [0.5, 0.6) is 5.88 Å². The Balaban J connectivity index is 1.58. The molecule has 27 heavy (non-hydrogen) atoms. The average molecular weight is 363 g/mol. The minimum Gasteiger partial charge on any atom is -0.481 e. The van der Waals surface area contributed by atoms with E-state index in [4.69, 9.17) is 4.74 Å². The van der Waals surface area contributed by atoms with E-state index in [1.807, 2.05) is 36.4 Å². The lowest BCUT2D eigenvalue weighted by molar-refractivity contribution is 0.0234. The number of para-hydroxylation sites is 1. The van der Waals surface area contributed by atoms with Crippen molar-refractivity contribution in [2.45, 2.75) is 25.0 Å². The molecule has 0 aliphatic heterocycles. The van der Waals surface area contributed by atoms with E-state index in [0.717, 1.165) is 16.5 Å². The second-order valence-corrected chi connectivity index (χ2v) is 6.86. The summed E-state index contributed by atoms with van der Waals surface area (Å²) < 4.78 is 5.11. The molecule has 1 aliphatic carbocycles. The summed E-state index contributed by atoms with van der Waals surface area (Å²) in [7, 11) is 1.56. The largest absolute Gasteiger partial charge is 0.481 e. The number of nitrogens with zero attached hydrogens (tertiary/aromatic N) is 2. The Morgan fingerprint density at radius 2 is 2.00 bits per heavy atom. The zero-order valence-corrected chi connectivity index (χ0v) is 15.0. The first-order valence-electron chi connectivity index (χ1n) is 8.98. The Labute approximate surface area is 157 Å². The number of pyridine rings is 2. The Hall–Kier alpha value is -2.99. The number of hydrogen-bond donors (Lipinski definition) is 2. The molecule has 0 unspecified atom stereocenters. The van der Waals surface area contributed by atoms with Gasteiger partial charge in [-0.1, -0.05) is 30.3 Å². The van der Waals surface area contributed by atoms with Crippen LogP contribution in [0.25, 0.3) is 10.9 Å². The SMILES string of the molecule is COc1ccc([C@@H](NC(=O)c2ccc3ccccc3n2)C2CC(O)C2)cn1. The Kier molecular flexibility index (Phi) is 4.73. The second kappa shape index (κ2) is 7.32. The summed E-state index contributed by atoms with van der Waals surface area (Å²) >= 11 is 0. The fourth-order valence-electron chi connectivity index (χ4n) is 3.48. The first-order valence-corrected chi connectivity index (χ1v) is 8.98. The fourth-order valence-corrected chi connectivity index (χ4v) is 3.48. The number of aliphatic hydroxyl groups is 1. The van der Waals surface area contributed by atoms with E-state index in [2.05, 4.69) is 15.3 Å². The number of benzene rings is 1. The minimum absolute atomic E-state index is 0.166. The molecule has 1 saturated carbocycles. The molecule has 6 nitrogen and oxygen atoms in total. The number of nitrogens with one attached hydrogen (secondary N) is 1. The van der Waals surface area contributed by atoms with Crippen molar-refractivity contribution in [1.29, 1.82) is 0 Å². The number of methoxy groups -OCH3 is 1. The summed E-state index contributed by atoms with van der Waals surface area (Å²) in [6.07, 6.45) is 2.71. The lowest BCUT2D eigenvalue weighted by Crippen LogP contribution is -2.41. The number of carbonyl (C=O) groups excluding carboxylic acids is 1. The standard InChI is InChI=1S/C21H21N3O3/c1-27-19-9-7-14(12-22-19)20(15-10-16(25)11-15)24-21(26)18-8-6-13-4-2-3-5-17(13)23-18/h2-9,12,15-16,20,25H,10-11H2,1H3,(H,24,26)/t15?,16?,20-/m1/s1. The van der Waals surface area contributed by atoms with Crippen molar-refractivity contribution in [2.24, 2.45) is 5.92 Å². The Bertz CT molecular complexity index is 952. The van der Waals surface area contributed by atoms with E-state index in [9.17, 15) is 9.90 Å². The number of hydrogen-bond acceptors (Lipinski definition) is 5. The summed E-state index contributed by atoms with van der Waals surface area (Å²) in [4.78, 5) is 21.6. The molecule has 0 bridgehead atoms. The lowest BCUT2D eigenvalue weighted by atomic mass is 9.75. The van der Waals surface area contributed by atoms with Crippen molar-refractivity contribution in [3.05, 3.63) is 66.0 Å². The highest BCUT2D eigenvalue weighted by Crippen LogP contribution is 2.38. The molecule has 1 amide bonds. The number of aromatic nitrogens is 2. The van der Waals surface area contributed by atoms with Gasteiger partial charge in [-0.2, -0.15) is 0 Å². The van der Waals surface area contributed by atoms with Gasteiger partial charge in [-0.15, -0.1) is 0 Å². The van der Waals surface area contributed by atoms with Crippen molar-refractivity contribution in [2.75, 3.05) is 7.11 Å². The van der Waals surface area contributed by atoms with Crippen molar-refractivity contribution >= 4 is 16.8 Å². The zero-order valence-electron chi connectivity index (χ0n) is 15.0. The van der Waals surface area contributed by atoms with Gasteiger partial charge in [0.25, 0.3) is 5.91 Å². The zero-order chi connectivity index (χ0) is 18.8.